The normalized spacial score (nSPS) is 21.4. The highest BCUT2D eigenvalue weighted by atomic mass is 16.6. The fourth-order valence-electron chi connectivity index (χ4n) is 4.99. The van der Waals surface area contributed by atoms with Gasteiger partial charge in [0, 0.05) is 36.2 Å². The van der Waals surface area contributed by atoms with Gasteiger partial charge in [-0.2, -0.15) is 0 Å². The van der Waals surface area contributed by atoms with Gasteiger partial charge in [0.2, 0.25) is 0 Å². The van der Waals surface area contributed by atoms with Crippen LogP contribution in [0.4, 0.5) is 4.79 Å². The van der Waals surface area contributed by atoms with Gasteiger partial charge in [0.15, 0.2) is 0 Å². The molecule has 1 heterocycles. The van der Waals surface area contributed by atoms with Crippen LogP contribution >= 0.6 is 0 Å². The lowest BCUT2D eigenvalue weighted by Crippen LogP contribution is -2.45. The van der Waals surface area contributed by atoms with E-state index in [-0.39, 0.29) is 18.0 Å². The van der Waals surface area contributed by atoms with E-state index in [0.717, 1.165) is 55.7 Å². The minimum atomic E-state index is -0.593. The Bertz CT molecular complexity index is 1130. The summed E-state index contributed by atoms with van der Waals surface area (Å²) in [5, 5.41) is 11.1. The van der Waals surface area contributed by atoms with Gasteiger partial charge < -0.3 is 19.6 Å². The number of aromatic nitrogens is 2. The molecule has 8 heteroatoms. The summed E-state index contributed by atoms with van der Waals surface area (Å²) in [6.07, 6.45) is 13.4. The van der Waals surface area contributed by atoms with Crippen LogP contribution in [-0.2, 0) is 11.3 Å². The molecule has 1 aromatic rings. The summed E-state index contributed by atoms with van der Waals surface area (Å²) in [6.45, 7) is 10.2. The largest absolute Gasteiger partial charge is 0.444 e. The number of imidazole rings is 1. The van der Waals surface area contributed by atoms with E-state index < -0.39 is 11.7 Å². The van der Waals surface area contributed by atoms with Gasteiger partial charge in [-0.25, -0.2) is 9.78 Å². The van der Waals surface area contributed by atoms with E-state index in [1.807, 2.05) is 39.5 Å². The quantitative estimate of drug-likeness (QED) is 0.557. The number of carbonyl (C=O) groups is 2. The summed E-state index contributed by atoms with van der Waals surface area (Å²) in [5.41, 5.74) is 3.43. The molecule has 2 N–H and O–H groups in total. The Balaban J connectivity index is 1.51. The molecule has 1 unspecified atom stereocenters. The molecular formula is C28H39N5O3. The van der Waals surface area contributed by atoms with Crippen molar-refractivity contribution >= 4 is 17.7 Å². The third-order valence-electron chi connectivity index (χ3n) is 6.98. The smallest absolute Gasteiger partial charge is 0.411 e. The number of nitrogens with one attached hydrogen (secondary N) is 2. The molecule has 2 amide bonds. The maximum Gasteiger partial charge on any atom is 0.411 e. The standard InChI is InChI=1S/C28H39N5O3/c1-18-25(31-19(2)32(18)17-20-9-7-6-8-10-20)26(34)33(22-11-12-22)23-13-14-24(29)21(15-23)16-30-27(35)36-28(3,4)5/h6-7,9,16,22-23,29H,8,10-15,17H2,1-5H3,(H,30,35)/b21-16-,29-24?. The van der Waals surface area contributed by atoms with Crippen LogP contribution in [0.15, 0.2) is 35.6 Å². The second-order valence-electron chi connectivity index (χ2n) is 11.1. The van der Waals surface area contributed by atoms with Crippen LogP contribution in [0.25, 0.3) is 0 Å². The fourth-order valence-corrected chi connectivity index (χ4v) is 4.99. The summed E-state index contributed by atoms with van der Waals surface area (Å²) in [6, 6.07) is 0.188. The van der Waals surface area contributed by atoms with Crippen molar-refractivity contribution in [1.29, 1.82) is 5.41 Å². The zero-order chi connectivity index (χ0) is 26.0. The van der Waals surface area contributed by atoms with Gasteiger partial charge in [0.05, 0.1) is 0 Å². The molecule has 0 radical (unpaired) electrons. The monoisotopic (exact) mass is 493 g/mol. The third kappa shape index (κ3) is 6.15. The number of allylic oxidation sites excluding steroid dienone is 4. The Morgan fingerprint density at radius 3 is 2.61 bits per heavy atom. The van der Waals surface area contributed by atoms with Crippen molar-refractivity contribution in [2.45, 2.75) is 104 Å². The molecule has 0 aromatic carbocycles. The number of rotatable bonds is 6. The zero-order valence-corrected chi connectivity index (χ0v) is 22.2. The molecule has 2 saturated carbocycles. The number of ether oxygens (including phenoxy) is 1. The van der Waals surface area contributed by atoms with Crippen molar-refractivity contribution in [2.75, 3.05) is 0 Å². The van der Waals surface area contributed by atoms with Gasteiger partial charge >= 0.3 is 6.09 Å². The van der Waals surface area contributed by atoms with Crippen LogP contribution < -0.4 is 5.32 Å². The van der Waals surface area contributed by atoms with E-state index in [0.29, 0.717) is 24.2 Å². The van der Waals surface area contributed by atoms with E-state index in [1.165, 1.54) is 5.57 Å². The predicted molar refractivity (Wildman–Crippen MR) is 140 cm³/mol. The third-order valence-corrected chi connectivity index (χ3v) is 6.98. The number of alkyl carbamates (subject to hydrolysis) is 1. The highest BCUT2D eigenvalue weighted by molar-refractivity contribution is 5.99. The van der Waals surface area contributed by atoms with E-state index in [2.05, 4.69) is 28.1 Å². The van der Waals surface area contributed by atoms with E-state index in [1.54, 1.807) is 6.20 Å². The Kier molecular flexibility index (Phi) is 7.52. The van der Waals surface area contributed by atoms with Gasteiger partial charge in [-0.05, 0) is 85.1 Å². The van der Waals surface area contributed by atoms with Crippen LogP contribution in [0.3, 0.4) is 0 Å². The van der Waals surface area contributed by atoms with E-state index in [4.69, 9.17) is 15.1 Å². The lowest BCUT2D eigenvalue weighted by Gasteiger charge is -2.35. The van der Waals surface area contributed by atoms with Crippen molar-refractivity contribution in [1.82, 2.24) is 19.8 Å². The number of aryl methyl sites for hydroxylation is 1. The summed E-state index contributed by atoms with van der Waals surface area (Å²) < 4.78 is 7.46. The fraction of sp³-hybridized carbons (Fsp3) is 0.571. The predicted octanol–water partition coefficient (Wildman–Crippen LogP) is 5.36. The molecule has 194 valence electrons. The maximum atomic E-state index is 13.9. The minimum Gasteiger partial charge on any atom is -0.444 e. The molecule has 0 spiro atoms. The summed E-state index contributed by atoms with van der Waals surface area (Å²) >= 11 is 0. The molecule has 0 saturated heterocycles. The molecule has 0 bridgehead atoms. The SMILES string of the molecule is Cc1nc(C(=O)N(C2CC2)C2CCC(=N)/C(=C\NC(=O)OC(C)(C)C)C2)c(C)n1CC1=CC=CCC1. The topological polar surface area (TPSA) is 100 Å². The Morgan fingerprint density at radius 2 is 1.97 bits per heavy atom. The summed E-state index contributed by atoms with van der Waals surface area (Å²) in [7, 11) is 0. The summed E-state index contributed by atoms with van der Waals surface area (Å²) in [5.74, 6) is 0.835. The van der Waals surface area contributed by atoms with Crippen LogP contribution in [0.2, 0.25) is 0 Å². The molecule has 1 aromatic heterocycles. The Hall–Kier alpha value is -3.16. The van der Waals surface area contributed by atoms with Crippen LogP contribution in [0, 0.1) is 19.3 Å². The molecule has 0 aliphatic heterocycles. The van der Waals surface area contributed by atoms with Gasteiger partial charge in [-0.3, -0.25) is 10.1 Å². The van der Waals surface area contributed by atoms with E-state index in [9.17, 15) is 9.59 Å². The molecule has 36 heavy (non-hydrogen) atoms. The summed E-state index contributed by atoms with van der Waals surface area (Å²) in [4.78, 5) is 32.7. The number of carbonyl (C=O) groups excluding carboxylic acids is 2. The lowest BCUT2D eigenvalue weighted by molar-refractivity contribution is 0.0549. The molecule has 3 aliphatic carbocycles. The minimum absolute atomic E-state index is 0.0211. The van der Waals surface area contributed by atoms with Crippen molar-refractivity contribution in [3.63, 3.8) is 0 Å². The van der Waals surface area contributed by atoms with Crippen LogP contribution in [-0.4, -0.2) is 49.8 Å². The molecule has 2 fully saturated rings. The van der Waals surface area contributed by atoms with Crippen molar-refractivity contribution in [3.05, 3.63) is 52.8 Å². The van der Waals surface area contributed by atoms with Gasteiger partial charge in [0.1, 0.15) is 17.1 Å². The molecule has 4 rings (SSSR count). The first kappa shape index (κ1) is 25.9. The highest BCUT2D eigenvalue weighted by Gasteiger charge is 2.41. The van der Waals surface area contributed by atoms with Gasteiger partial charge in [-0.15, -0.1) is 0 Å². The number of amides is 2. The number of nitrogens with zero attached hydrogens (tertiary/aromatic N) is 3. The van der Waals surface area contributed by atoms with Crippen LogP contribution in [0.1, 0.15) is 87.7 Å². The second kappa shape index (κ2) is 10.4. The Morgan fingerprint density at radius 1 is 1.22 bits per heavy atom. The highest BCUT2D eigenvalue weighted by Crippen LogP contribution is 2.36. The van der Waals surface area contributed by atoms with Crippen molar-refractivity contribution < 1.29 is 14.3 Å². The van der Waals surface area contributed by atoms with Gasteiger partial charge in [-0.1, -0.05) is 23.8 Å². The van der Waals surface area contributed by atoms with Crippen molar-refractivity contribution in [2.24, 2.45) is 0 Å². The number of hydrogen-bond acceptors (Lipinski definition) is 5. The molecule has 8 nitrogen and oxygen atoms in total. The first-order valence-electron chi connectivity index (χ1n) is 13.0. The average molecular weight is 494 g/mol. The molecule has 3 aliphatic rings. The first-order valence-corrected chi connectivity index (χ1v) is 13.0. The lowest BCUT2D eigenvalue weighted by atomic mass is 9.88. The number of hydrogen-bond donors (Lipinski definition) is 2. The molecular weight excluding hydrogens is 454 g/mol. The second-order valence-corrected chi connectivity index (χ2v) is 11.1. The Labute approximate surface area is 214 Å². The average Bonchev–Trinajstić information content (AvgIpc) is 3.61. The van der Waals surface area contributed by atoms with Crippen LogP contribution in [0.5, 0.6) is 0 Å². The zero-order valence-electron chi connectivity index (χ0n) is 22.2. The van der Waals surface area contributed by atoms with Crippen molar-refractivity contribution in [3.8, 4) is 0 Å². The van der Waals surface area contributed by atoms with E-state index >= 15 is 0 Å². The molecule has 1 atom stereocenters. The van der Waals surface area contributed by atoms with Gasteiger partial charge in [0.25, 0.3) is 5.91 Å². The maximum absolute atomic E-state index is 13.9. The first-order chi connectivity index (χ1) is 17.0.